The van der Waals surface area contributed by atoms with Crippen LogP contribution in [0.15, 0.2) is 153 Å². The van der Waals surface area contributed by atoms with Crippen molar-refractivity contribution < 1.29 is 0 Å². The van der Waals surface area contributed by atoms with Crippen LogP contribution in [0.1, 0.15) is 52.7 Å². The van der Waals surface area contributed by atoms with Crippen LogP contribution in [-0.2, 0) is 10.8 Å². The molecule has 2 aliphatic rings. The van der Waals surface area contributed by atoms with Gasteiger partial charge in [0.25, 0.3) is 0 Å². The van der Waals surface area contributed by atoms with Gasteiger partial charge in [0.2, 0.25) is 0 Å². The second kappa shape index (κ2) is 11.6. The summed E-state index contributed by atoms with van der Waals surface area (Å²) in [4.78, 5) is 9.91. The van der Waals surface area contributed by atoms with Crippen molar-refractivity contribution in [1.82, 2.24) is 0 Å². The summed E-state index contributed by atoms with van der Waals surface area (Å²) in [5.74, 6) is 0. The number of benzene rings is 6. The zero-order valence-electron chi connectivity index (χ0n) is 28.4. The fourth-order valence-corrected chi connectivity index (χ4v) is 8.84. The first-order valence-electron chi connectivity index (χ1n) is 16.7. The lowest BCUT2D eigenvalue weighted by Crippen LogP contribution is -2.16. The van der Waals surface area contributed by atoms with Gasteiger partial charge in [-0.05, 0) is 106 Å². The van der Waals surface area contributed by atoms with Crippen LogP contribution in [-0.4, -0.2) is 0 Å². The molecule has 0 amide bonds. The van der Waals surface area contributed by atoms with Crippen molar-refractivity contribution in [2.75, 3.05) is 9.80 Å². The van der Waals surface area contributed by atoms with Gasteiger partial charge in [0, 0.05) is 31.0 Å². The maximum Gasteiger partial charge on any atom is 0.0602 e. The van der Waals surface area contributed by atoms with Gasteiger partial charge in [-0.25, -0.2) is 0 Å². The summed E-state index contributed by atoms with van der Waals surface area (Å²) < 4.78 is 0. The van der Waals surface area contributed by atoms with Crippen molar-refractivity contribution in [1.29, 1.82) is 0 Å². The predicted molar refractivity (Wildman–Crippen MR) is 207 cm³/mol. The molecule has 0 aromatic heterocycles. The van der Waals surface area contributed by atoms with Crippen LogP contribution in [0, 0.1) is 0 Å². The summed E-state index contributed by atoms with van der Waals surface area (Å²) in [6.07, 6.45) is 0. The van der Waals surface area contributed by atoms with Gasteiger partial charge in [0.15, 0.2) is 0 Å². The minimum Gasteiger partial charge on any atom is -0.308 e. The molecular formula is C44H40N2S2. The van der Waals surface area contributed by atoms with Crippen LogP contribution in [0.25, 0.3) is 11.1 Å². The average molecular weight is 661 g/mol. The monoisotopic (exact) mass is 660 g/mol. The Hall–Kier alpha value is -4.38. The van der Waals surface area contributed by atoms with Gasteiger partial charge in [-0.1, -0.05) is 126 Å². The Morgan fingerprint density at radius 1 is 0.375 bits per heavy atom. The number of anilines is 6. The van der Waals surface area contributed by atoms with E-state index in [1.54, 1.807) is 0 Å². The van der Waals surface area contributed by atoms with E-state index in [-0.39, 0.29) is 10.8 Å². The Morgan fingerprint density at radius 2 is 0.729 bits per heavy atom. The predicted octanol–water partition coefficient (Wildman–Crippen LogP) is 13.8. The molecule has 0 atom stereocenters. The number of para-hydroxylation sites is 2. The van der Waals surface area contributed by atoms with Crippen LogP contribution < -0.4 is 9.80 Å². The van der Waals surface area contributed by atoms with E-state index in [2.05, 4.69) is 185 Å². The molecule has 4 heteroatoms. The van der Waals surface area contributed by atoms with Gasteiger partial charge in [-0.15, -0.1) is 0 Å². The third kappa shape index (κ3) is 5.51. The molecule has 0 unspecified atom stereocenters. The van der Waals surface area contributed by atoms with Crippen molar-refractivity contribution in [2.24, 2.45) is 0 Å². The molecule has 6 aromatic rings. The highest BCUT2D eigenvalue weighted by Gasteiger charge is 2.28. The Kier molecular flexibility index (Phi) is 7.50. The van der Waals surface area contributed by atoms with Gasteiger partial charge in [0.1, 0.15) is 0 Å². The largest absolute Gasteiger partial charge is 0.308 e. The van der Waals surface area contributed by atoms with E-state index in [1.165, 1.54) is 76.0 Å². The lowest BCUT2D eigenvalue weighted by molar-refractivity contribution is 0.590. The van der Waals surface area contributed by atoms with Gasteiger partial charge >= 0.3 is 0 Å². The van der Waals surface area contributed by atoms with Gasteiger partial charge in [0.05, 0.1) is 22.7 Å². The molecule has 6 aromatic carbocycles. The molecule has 2 aliphatic heterocycles. The Morgan fingerprint density at radius 3 is 1.10 bits per heavy atom. The van der Waals surface area contributed by atoms with Gasteiger partial charge in [-0.2, -0.15) is 0 Å². The highest BCUT2D eigenvalue weighted by atomic mass is 32.2. The topological polar surface area (TPSA) is 6.48 Å². The maximum atomic E-state index is 2.42. The molecule has 0 spiro atoms. The van der Waals surface area contributed by atoms with E-state index in [4.69, 9.17) is 0 Å². The zero-order chi connectivity index (χ0) is 33.2. The van der Waals surface area contributed by atoms with E-state index in [0.29, 0.717) is 0 Å². The van der Waals surface area contributed by atoms with Crippen molar-refractivity contribution in [3.05, 3.63) is 145 Å². The molecule has 0 saturated heterocycles. The average Bonchev–Trinajstić information content (AvgIpc) is 3.08. The minimum absolute atomic E-state index is 0.115. The van der Waals surface area contributed by atoms with E-state index in [0.717, 1.165) is 0 Å². The Balaban J connectivity index is 1.18. The van der Waals surface area contributed by atoms with Crippen LogP contribution in [0.2, 0.25) is 0 Å². The molecule has 0 aliphatic carbocycles. The lowest BCUT2D eigenvalue weighted by Gasteiger charge is -2.34. The third-order valence-corrected chi connectivity index (χ3v) is 11.6. The molecule has 2 nitrogen and oxygen atoms in total. The van der Waals surface area contributed by atoms with E-state index >= 15 is 0 Å². The van der Waals surface area contributed by atoms with E-state index in [9.17, 15) is 0 Å². The van der Waals surface area contributed by atoms with Crippen molar-refractivity contribution in [3.8, 4) is 11.1 Å². The Labute approximate surface area is 293 Å². The second-order valence-electron chi connectivity index (χ2n) is 14.8. The van der Waals surface area contributed by atoms with Crippen molar-refractivity contribution in [3.63, 3.8) is 0 Å². The lowest BCUT2D eigenvalue weighted by atomic mass is 9.87. The second-order valence-corrected chi connectivity index (χ2v) is 16.9. The SMILES string of the molecule is CC(C)(C)c1ccc(N2c3ccccc3Sc3cc(-c4ccc5c(c4)Sc4ccccc4N5c4ccc(C(C)(C)C)cc4)ccc32)cc1. The number of rotatable bonds is 3. The summed E-state index contributed by atoms with van der Waals surface area (Å²) in [6.45, 7) is 13.6. The third-order valence-electron chi connectivity index (χ3n) is 9.37. The first kappa shape index (κ1) is 30.9. The number of nitrogens with zero attached hydrogens (tertiary/aromatic N) is 2. The van der Waals surface area contributed by atoms with E-state index in [1.807, 2.05) is 23.5 Å². The number of hydrogen-bond acceptors (Lipinski definition) is 4. The number of hydrogen-bond donors (Lipinski definition) is 0. The van der Waals surface area contributed by atoms with Gasteiger partial charge < -0.3 is 9.80 Å². The maximum absolute atomic E-state index is 2.42. The van der Waals surface area contributed by atoms with Gasteiger partial charge in [-0.3, -0.25) is 0 Å². The molecule has 0 N–H and O–H groups in total. The summed E-state index contributed by atoms with van der Waals surface area (Å²) in [6, 6.07) is 49.6. The summed E-state index contributed by atoms with van der Waals surface area (Å²) in [7, 11) is 0. The first-order valence-corrected chi connectivity index (χ1v) is 18.3. The molecule has 48 heavy (non-hydrogen) atoms. The molecule has 0 bridgehead atoms. The fourth-order valence-electron chi connectivity index (χ4n) is 6.65. The normalized spacial score (nSPS) is 13.8. The molecule has 2 heterocycles. The first-order chi connectivity index (χ1) is 23.0. The fraction of sp³-hybridized carbons (Fsp3) is 0.182. The standard InChI is InChI=1S/C44H40N2S2/c1-43(2,3)31-17-21-33(22-18-31)45-35-11-7-9-13-39(35)47-41-27-29(15-25-37(41)45)30-16-26-38-42(28-30)48-40-14-10-8-12-36(40)46(38)34-23-19-32(20-24-34)44(4,5)6/h7-28H,1-6H3. The molecule has 8 rings (SSSR count). The quantitative estimate of drug-likeness (QED) is 0.186. The zero-order valence-corrected chi connectivity index (χ0v) is 30.0. The minimum atomic E-state index is 0.115. The molecule has 0 saturated carbocycles. The molecule has 0 radical (unpaired) electrons. The number of fused-ring (bicyclic) bond motifs is 4. The van der Waals surface area contributed by atoms with Crippen LogP contribution in [0.5, 0.6) is 0 Å². The van der Waals surface area contributed by atoms with E-state index < -0.39 is 0 Å². The molecular weight excluding hydrogens is 621 g/mol. The smallest absolute Gasteiger partial charge is 0.0602 e. The molecule has 0 fully saturated rings. The highest BCUT2D eigenvalue weighted by Crippen LogP contribution is 2.54. The van der Waals surface area contributed by atoms with Crippen LogP contribution >= 0.6 is 23.5 Å². The Bertz CT molecular complexity index is 2000. The summed E-state index contributed by atoms with van der Waals surface area (Å²) >= 11 is 3.72. The summed E-state index contributed by atoms with van der Waals surface area (Å²) in [5, 5.41) is 0. The summed E-state index contributed by atoms with van der Waals surface area (Å²) in [5.41, 5.74) is 12.6. The van der Waals surface area contributed by atoms with Crippen molar-refractivity contribution in [2.45, 2.75) is 72.0 Å². The van der Waals surface area contributed by atoms with Crippen LogP contribution in [0.4, 0.5) is 34.1 Å². The highest BCUT2D eigenvalue weighted by molar-refractivity contribution is 8.00. The van der Waals surface area contributed by atoms with Crippen molar-refractivity contribution >= 4 is 57.6 Å². The van der Waals surface area contributed by atoms with Crippen LogP contribution in [0.3, 0.4) is 0 Å². The molecule has 238 valence electrons.